The van der Waals surface area contributed by atoms with Crippen molar-refractivity contribution in [2.75, 3.05) is 32.8 Å². The molecule has 0 fully saturated rings. The van der Waals surface area contributed by atoms with Crippen LogP contribution in [0.1, 0.15) is 64.7 Å². The van der Waals surface area contributed by atoms with E-state index in [4.69, 9.17) is 39.5 Å². The fourth-order valence-electron chi connectivity index (χ4n) is 5.52. The summed E-state index contributed by atoms with van der Waals surface area (Å²) in [5, 5.41) is 63.2. The highest BCUT2D eigenvalue weighted by Crippen LogP contribution is 2.09. The van der Waals surface area contributed by atoms with E-state index in [-0.39, 0.29) is 70.1 Å². The van der Waals surface area contributed by atoms with Crippen molar-refractivity contribution in [3.05, 3.63) is 0 Å². The highest BCUT2D eigenvalue weighted by atomic mass is 16.4. The highest BCUT2D eigenvalue weighted by molar-refractivity contribution is 5.99. The number of nitrogens with one attached hydrogen (secondary N) is 7. The lowest BCUT2D eigenvalue weighted by atomic mass is 10.0. The molecule has 0 saturated heterocycles. The molecule has 0 aromatic rings. The zero-order chi connectivity index (χ0) is 49.8. The Hall–Kier alpha value is -6.92. The van der Waals surface area contributed by atoms with E-state index >= 15 is 0 Å². The van der Waals surface area contributed by atoms with Gasteiger partial charge in [-0.25, -0.2) is 4.79 Å². The van der Waals surface area contributed by atoms with E-state index in [2.05, 4.69) is 36.6 Å². The first-order valence-electron chi connectivity index (χ1n) is 20.0. The Morgan fingerprint density at radius 1 is 0.508 bits per heavy atom. The van der Waals surface area contributed by atoms with Crippen molar-refractivity contribution in [2.45, 2.75) is 113 Å². The molecule has 0 spiro atoms. The van der Waals surface area contributed by atoms with Crippen molar-refractivity contribution >= 4 is 71.2 Å². The maximum absolute atomic E-state index is 13.9. The predicted octanol–water partition coefficient (Wildman–Crippen LogP) is -9.02. The highest BCUT2D eigenvalue weighted by Gasteiger charge is 2.36. The standard InChI is InChI=1S/C35H63N15O15/c1-16(52)26(32(63)49-22(15-51)33(64)65)50-31(62)21(13-25(56)57)48-29(60)19(8-5-11-43-35(40)41)45-28(59)18(6-2-3-9-36)46-30(61)20(12-24(54)55)47-27(58)17(44-23(53)14-37)7-4-10-42-34(38)39/h16-22,26,51-52H,2-15,36-37H2,1H3,(H,44,53)(H,45,59)(H,46,61)(H,47,58)(H,48,60)(H,49,63)(H,50,62)(H,54,55)(H,56,57)(H,64,65)(H4,38,39,42)(H4,40,41,43)/t16-,17+,18+,19+,20+,21+,22+,26+/m1/s1. The third kappa shape index (κ3) is 24.5. The molecular formula is C35H63N15O15. The van der Waals surface area contributed by atoms with Gasteiger partial charge in [-0.3, -0.25) is 53.1 Å². The molecule has 7 amide bonds. The normalized spacial score (nSPS) is 14.4. The van der Waals surface area contributed by atoms with Gasteiger partial charge >= 0.3 is 17.9 Å². The second-order valence-electron chi connectivity index (χ2n) is 14.3. The molecule has 30 heteroatoms. The van der Waals surface area contributed by atoms with Crippen molar-refractivity contribution in [1.82, 2.24) is 37.2 Å². The minimum absolute atomic E-state index is 0.0311. The van der Waals surface area contributed by atoms with Crippen LogP contribution in [0.4, 0.5) is 0 Å². The molecule has 0 aliphatic carbocycles. The Kier molecular flexibility index (Phi) is 27.7. The average Bonchev–Trinajstić information content (AvgIpc) is 3.21. The van der Waals surface area contributed by atoms with Crippen LogP contribution in [0.3, 0.4) is 0 Å². The van der Waals surface area contributed by atoms with Crippen LogP contribution in [0.15, 0.2) is 9.98 Å². The van der Waals surface area contributed by atoms with Gasteiger partial charge in [0.25, 0.3) is 0 Å². The van der Waals surface area contributed by atoms with Crippen LogP contribution in [0.25, 0.3) is 0 Å². The van der Waals surface area contributed by atoms with Crippen molar-refractivity contribution < 1.29 is 73.5 Å². The van der Waals surface area contributed by atoms with E-state index < -0.39 is 134 Å². The Labute approximate surface area is 371 Å². The molecular weight excluding hydrogens is 870 g/mol. The Balaban J connectivity index is 6.70. The third-order valence-corrected chi connectivity index (χ3v) is 8.82. The maximum Gasteiger partial charge on any atom is 0.328 e. The topological polar surface area (TPSA) is 537 Å². The summed E-state index contributed by atoms with van der Waals surface area (Å²) in [5.74, 6) is -13.3. The number of aliphatic hydroxyl groups is 2. The quantitative estimate of drug-likeness (QED) is 0.0165. The smallest absolute Gasteiger partial charge is 0.328 e. The largest absolute Gasteiger partial charge is 0.481 e. The lowest BCUT2D eigenvalue weighted by Gasteiger charge is -2.28. The number of hydrogen-bond acceptors (Lipinski definition) is 16. The molecule has 0 bridgehead atoms. The summed E-state index contributed by atoms with van der Waals surface area (Å²) >= 11 is 0. The maximum atomic E-state index is 13.9. The van der Waals surface area contributed by atoms with Crippen molar-refractivity contribution in [3.8, 4) is 0 Å². The Morgan fingerprint density at radius 3 is 1.23 bits per heavy atom. The van der Waals surface area contributed by atoms with Crippen LogP contribution in [0, 0.1) is 0 Å². The van der Waals surface area contributed by atoms with Gasteiger partial charge < -0.3 is 97.2 Å². The van der Waals surface area contributed by atoms with Gasteiger partial charge in [-0.1, -0.05) is 0 Å². The molecule has 0 aromatic carbocycles. The first-order valence-corrected chi connectivity index (χ1v) is 20.0. The molecule has 0 radical (unpaired) electrons. The Bertz CT molecular complexity index is 1710. The molecule has 0 heterocycles. The second-order valence-corrected chi connectivity index (χ2v) is 14.3. The summed E-state index contributed by atoms with van der Waals surface area (Å²) in [7, 11) is 0. The zero-order valence-corrected chi connectivity index (χ0v) is 35.7. The SMILES string of the molecule is C[C@@H](O)[C@H](NC(=O)[C@H](CC(=O)O)NC(=O)[C@H](CCCN=C(N)N)NC(=O)[C@H](CCCCN)NC(=O)[C@H](CC(=O)O)NC(=O)[C@H](CCCN=C(N)N)NC(=O)CN)C(=O)N[C@@H](CO)C(=O)O. The summed E-state index contributed by atoms with van der Waals surface area (Å²) < 4.78 is 0. The summed E-state index contributed by atoms with van der Waals surface area (Å²) in [5.41, 5.74) is 32.4. The van der Waals surface area contributed by atoms with Crippen molar-refractivity contribution in [1.29, 1.82) is 0 Å². The summed E-state index contributed by atoms with van der Waals surface area (Å²) in [6.45, 7) is -0.512. The van der Waals surface area contributed by atoms with Gasteiger partial charge in [-0.05, 0) is 58.4 Å². The summed E-state index contributed by atoms with van der Waals surface area (Å²) in [4.78, 5) is 135. The number of nitrogens with zero attached hydrogens (tertiary/aromatic N) is 2. The van der Waals surface area contributed by atoms with Gasteiger partial charge in [0, 0.05) is 13.1 Å². The summed E-state index contributed by atoms with van der Waals surface area (Å²) in [6, 6.07) is -12.2. The molecule has 30 nitrogen and oxygen atoms in total. The first kappa shape index (κ1) is 58.1. The van der Waals surface area contributed by atoms with Crippen molar-refractivity contribution in [3.63, 3.8) is 0 Å². The number of carbonyl (C=O) groups excluding carboxylic acids is 7. The fourth-order valence-corrected chi connectivity index (χ4v) is 5.52. The molecule has 0 aliphatic rings. The molecule has 0 aromatic heterocycles. The number of rotatable bonds is 33. The third-order valence-electron chi connectivity index (χ3n) is 8.82. The molecule has 368 valence electrons. The molecule has 0 unspecified atom stereocenters. The van der Waals surface area contributed by atoms with Crippen LogP contribution in [0.5, 0.6) is 0 Å². The summed E-state index contributed by atoms with van der Waals surface area (Å²) in [6.07, 6.45) is -3.82. The van der Waals surface area contributed by atoms with Crippen LogP contribution < -0.4 is 71.6 Å². The lowest BCUT2D eigenvalue weighted by Crippen LogP contribution is -2.61. The van der Waals surface area contributed by atoms with Crippen LogP contribution in [-0.2, 0) is 47.9 Å². The lowest BCUT2D eigenvalue weighted by molar-refractivity contribution is -0.145. The van der Waals surface area contributed by atoms with E-state index in [1.807, 2.05) is 10.6 Å². The number of aliphatic imine (C=N–C) groups is 2. The molecule has 0 saturated carbocycles. The number of amides is 7. The van der Waals surface area contributed by atoms with E-state index in [9.17, 15) is 68.4 Å². The number of hydrogen-bond donors (Lipinski definition) is 18. The molecule has 65 heavy (non-hydrogen) atoms. The molecule has 0 rings (SSSR count). The van der Waals surface area contributed by atoms with E-state index in [1.54, 1.807) is 0 Å². The monoisotopic (exact) mass is 933 g/mol. The van der Waals surface area contributed by atoms with Crippen molar-refractivity contribution in [2.24, 2.45) is 44.4 Å². The van der Waals surface area contributed by atoms with Gasteiger partial charge in [-0.15, -0.1) is 0 Å². The number of carboxylic acids is 3. The number of aliphatic hydroxyl groups excluding tert-OH is 2. The van der Waals surface area contributed by atoms with Crippen LogP contribution >= 0.6 is 0 Å². The molecule has 24 N–H and O–H groups in total. The van der Waals surface area contributed by atoms with Gasteiger partial charge in [0.15, 0.2) is 11.9 Å². The Morgan fingerprint density at radius 2 is 0.877 bits per heavy atom. The number of carboxylic acid groups (broad SMARTS) is 3. The number of nitrogens with two attached hydrogens (primary N) is 6. The van der Waals surface area contributed by atoms with Gasteiger partial charge in [-0.2, -0.15) is 0 Å². The number of unbranched alkanes of at least 4 members (excludes halogenated alkanes) is 1. The molecule has 0 aliphatic heterocycles. The number of guanidine groups is 2. The van der Waals surface area contributed by atoms with Crippen LogP contribution in [0.2, 0.25) is 0 Å². The van der Waals surface area contributed by atoms with Gasteiger partial charge in [0.1, 0.15) is 42.3 Å². The average molecular weight is 934 g/mol. The minimum atomic E-state index is -2.01. The number of carbonyl (C=O) groups is 10. The minimum Gasteiger partial charge on any atom is -0.481 e. The molecule has 8 atom stereocenters. The van der Waals surface area contributed by atoms with Crippen LogP contribution in [-0.4, -0.2) is 178 Å². The zero-order valence-electron chi connectivity index (χ0n) is 35.7. The first-order chi connectivity index (χ1) is 30.5. The van der Waals surface area contributed by atoms with Gasteiger partial charge in [0.2, 0.25) is 41.4 Å². The predicted molar refractivity (Wildman–Crippen MR) is 226 cm³/mol. The number of aliphatic carboxylic acids is 3. The van der Waals surface area contributed by atoms with Gasteiger partial charge in [0.05, 0.1) is 32.1 Å². The fraction of sp³-hybridized carbons (Fsp3) is 0.657. The van der Waals surface area contributed by atoms with E-state index in [0.717, 1.165) is 6.92 Å². The van der Waals surface area contributed by atoms with E-state index in [1.165, 1.54) is 0 Å². The second kappa shape index (κ2) is 31.0. The van der Waals surface area contributed by atoms with E-state index in [0.29, 0.717) is 6.42 Å².